The molecule has 0 aromatic heterocycles. The monoisotopic (exact) mass is 384 g/mol. The summed E-state index contributed by atoms with van der Waals surface area (Å²) < 4.78 is 34.2. The van der Waals surface area contributed by atoms with E-state index >= 15 is 0 Å². The summed E-state index contributed by atoms with van der Waals surface area (Å²) in [6.45, 7) is -1.71. The first kappa shape index (κ1) is 19.5. The molecule has 0 aliphatic carbocycles. The average Bonchev–Trinajstić information content (AvgIpc) is 2.58. The molecule has 3 N–H and O–H groups in total. The van der Waals surface area contributed by atoms with Gasteiger partial charge in [0.1, 0.15) is 5.75 Å². The van der Waals surface area contributed by atoms with Crippen molar-refractivity contribution in [3.05, 3.63) is 53.1 Å². The number of halogens is 3. The fourth-order valence-corrected chi connectivity index (χ4v) is 2.07. The highest BCUT2D eigenvalue weighted by Crippen LogP contribution is 2.26. The lowest BCUT2D eigenvalue weighted by Gasteiger charge is -2.16. The second kappa shape index (κ2) is 8.48. The molecule has 0 aliphatic heterocycles. The number of rotatable bonds is 6. The van der Waals surface area contributed by atoms with E-state index in [-0.39, 0.29) is 27.7 Å². The number of ether oxygens (including phenoxy) is 2. The van der Waals surface area contributed by atoms with Crippen molar-refractivity contribution in [3.8, 4) is 5.75 Å². The first-order chi connectivity index (χ1) is 12.3. The Morgan fingerprint density at radius 2 is 1.88 bits per heavy atom. The summed E-state index contributed by atoms with van der Waals surface area (Å²) in [4.78, 5) is 24.2. The Bertz CT molecular complexity index is 817. The van der Waals surface area contributed by atoms with Gasteiger partial charge in [0.15, 0.2) is 6.10 Å². The van der Waals surface area contributed by atoms with E-state index in [0.717, 1.165) is 0 Å². The van der Waals surface area contributed by atoms with Gasteiger partial charge in [-0.3, -0.25) is 4.79 Å². The second-order valence-electron chi connectivity index (χ2n) is 5.15. The molecule has 0 heterocycles. The van der Waals surface area contributed by atoms with Crippen molar-refractivity contribution in [1.29, 1.82) is 0 Å². The lowest BCUT2D eigenvalue weighted by Crippen LogP contribution is -2.30. The van der Waals surface area contributed by atoms with Gasteiger partial charge in [0.05, 0.1) is 22.0 Å². The van der Waals surface area contributed by atoms with E-state index in [9.17, 15) is 18.4 Å². The van der Waals surface area contributed by atoms with Crippen LogP contribution in [0, 0.1) is 0 Å². The second-order valence-corrected chi connectivity index (χ2v) is 5.55. The summed E-state index contributed by atoms with van der Waals surface area (Å²) in [6, 6.07) is 9.80. The van der Waals surface area contributed by atoms with E-state index in [2.05, 4.69) is 10.1 Å². The SMILES string of the molecule is CC(OC(=O)c1ccc(Cl)c(N)c1)C(=O)Nc1ccccc1OC(F)F. The summed E-state index contributed by atoms with van der Waals surface area (Å²) in [7, 11) is 0. The lowest BCUT2D eigenvalue weighted by atomic mass is 10.2. The zero-order valence-electron chi connectivity index (χ0n) is 13.5. The van der Waals surface area contributed by atoms with Crippen LogP contribution in [0.3, 0.4) is 0 Å². The van der Waals surface area contributed by atoms with Crippen LogP contribution in [0.15, 0.2) is 42.5 Å². The third-order valence-electron chi connectivity index (χ3n) is 3.25. The number of hydrogen-bond acceptors (Lipinski definition) is 5. The molecule has 26 heavy (non-hydrogen) atoms. The number of amides is 1. The maximum atomic E-state index is 12.4. The van der Waals surface area contributed by atoms with Crippen LogP contribution >= 0.6 is 11.6 Å². The Kier molecular flexibility index (Phi) is 6.35. The van der Waals surface area contributed by atoms with Gasteiger partial charge in [-0.05, 0) is 37.3 Å². The van der Waals surface area contributed by atoms with Gasteiger partial charge in [0, 0.05) is 0 Å². The number of nitrogens with one attached hydrogen (secondary N) is 1. The Hall–Kier alpha value is -2.87. The summed E-state index contributed by atoms with van der Waals surface area (Å²) in [6.07, 6.45) is -1.20. The highest BCUT2D eigenvalue weighted by molar-refractivity contribution is 6.33. The molecule has 0 saturated carbocycles. The van der Waals surface area contributed by atoms with Crippen molar-refractivity contribution in [2.24, 2.45) is 0 Å². The van der Waals surface area contributed by atoms with E-state index in [1.165, 1.54) is 49.4 Å². The standard InChI is InChI=1S/C17H15ClF2N2O4/c1-9(25-16(24)10-6-7-11(18)12(21)8-10)15(23)22-13-4-2-3-5-14(13)26-17(19)20/h2-9,17H,21H2,1H3,(H,22,23). The fraction of sp³-hybridized carbons (Fsp3) is 0.176. The van der Waals surface area contributed by atoms with Gasteiger partial charge in [0.25, 0.3) is 5.91 Å². The van der Waals surface area contributed by atoms with Crippen molar-refractivity contribution in [3.63, 3.8) is 0 Å². The van der Waals surface area contributed by atoms with Crippen LogP contribution in [0.25, 0.3) is 0 Å². The number of nitrogen functional groups attached to an aromatic ring is 1. The molecule has 0 spiro atoms. The molecule has 1 atom stereocenters. The minimum Gasteiger partial charge on any atom is -0.449 e. The van der Waals surface area contributed by atoms with Crippen LogP contribution < -0.4 is 15.8 Å². The van der Waals surface area contributed by atoms with Crippen LogP contribution in [-0.2, 0) is 9.53 Å². The molecule has 1 amide bonds. The fourth-order valence-electron chi connectivity index (χ4n) is 1.96. The Labute approximate surface area is 152 Å². The molecular formula is C17H15ClF2N2O4. The van der Waals surface area contributed by atoms with Crippen molar-refractivity contribution in [1.82, 2.24) is 0 Å². The zero-order valence-corrected chi connectivity index (χ0v) is 14.3. The van der Waals surface area contributed by atoms with E-state index in [1.807, 2.05) is 0 Å². The van der Waals surface area contributed by atoms with Crippen LogP contribution in [0.1, 0.15) is 17.3 Å². The molecule has 2 aromatic carbocycles. The topological polar surface area (TPSA) is 90.7 Å². The van der Waals surface area contributed by atoms with Crippen molar-refractivity contribution in [2.75, 3.05) is 11.1 Å². The minimum atomic E-state index is -3.04. The largest absolute Gasteiger partial charge is 0.449 e. The third kappa shape index (κ3) is 5.06. The van der Waals surface area contributed by atoms with Crippen molar-refractivity contribution in [2.45, 2.75) is 19.6 Å². The van der Waals surface area contributed by atoms with Crippen LogP contribution in [0.5, 0.6) is 5.75 Å². The third-order valence-corrected chi connectivity index (χ3v) is 3.59. The smallest absolute Gasteiger partial charge is 0.387 e. The number of nitrogens with two attached hydrogens (primary N) is 1. The van der Waals surface area contributed by atoms with Gasteiger partial charge in [0.2, 0.25) is 0 Å². The van der Waals surface area contributed by atoms with Gasteiger partial charge >= 0.3 is 12.6 Å². The van der Waals surface area contributed by atoms with Gasteiger partial charge in [-0.1, -0.05) is 23.7 Å². The normalized spacial score (nSPS) is 11.7. The van der Waals surface area contributed by atoms with Gasteiger partial charge in [-0.25, -0.2) is 4.79 Å². The lowest BCUT2D eigenvalue weighted by molar-refractivity contribution is -0.123. The molecule has 2 rings (SSSR count). The molecular weight excluding hydrogens is 370 g/mol. The molecule has 6 nitrogen and oxygen atoms in total. The predicted molar refractivity (Wildman–Crippen MR) is 92.4 cm³/mol. The molecule has 0 radical (unpaired) electrons. The van der Waals surface area contributed by atoms with Crippen LogP contribution in [-0.4, -0.2) is 24.6 Å². The molecule has 0 aliphatic rings. The highest BCUT2D eigenvalue weighted by atomic mass is 35.5. The Balaban J connectivity index is 2.03. The molecule has 0 fully saturated rings. The van der Waals surface area contributed by atoms with E-state index in [0.29, 0.717) is 0 Å². The quantitative estimate of drug-likeness (QED) is 0.585. The predicted octanol–water partition coefficient (Wildman–Crippen LogP) is 3.71. The highest BCUT2D eigenvalue weighted by Gasteiger charge is 2.21. The minimum absolute atomic E-state index is 0.0245. The maximum absolute atomic E-state index is 12.4. The van der Waals surface area contributed by atoms with Gasteiger partial charge in [-0.15, -0.1) is 0 Å². The number of esters is 1. The maximum Gasteiger partial charge on any atom is 0.387 e. The summed E-state index contributed by atoms with van der Waals surface area (Å²) in [5, 5.41) is 2.65. The van der Waals surface area contributed by atoms with Crippen molar-refractivity contribution < 1.29 is 27.8 Å². The van der Waals surface area contributed by atoms with E-state index < -0.39 is 24.6 Å². The van der Waals surface area contributed by atoms with Crippen LogP contribution in [0.4, 0.5) is 20.2 Å². The number of carbonyl (C=O) groups is 2. The zero-order chi connectivity index (χ0) is 19.3. The van der Waals surface area contributed by atoms with E-state index in [1.54, 1.807) is 0 Å². The number of alkyl halides is 2. The summed E-state index contributed by atoms with van der Waals surface area (Å²) >= 11 is 5.78. The average molecular weight is 385 g/mol. The molecule has 138 valence electrons. The number of hydrogen-bond donors (Lipinski definition) is 2. The first-order valence-corrected chi connectivity index (χ1v) is 7.76. The molecule has 0 saturated heterocycles. The molecule has 0 bridgehead atoms. The summed E-state index contributed by atoms with van der Waals surface area (Å²) in [5.74, 6) is -1.71. The van der Waals surface area contributed by atoms with E-state index in [4.69, 9.17) is 22.1 Å². The Morgan fingerprint density at radius 1 is 1.19 bits per heavy atom. The summed E-state index contributed by atoms with van der Waals surface area (Å²) in [5.41, 5.74) is 5.95. The first-order valence-electron chi connectivity index (χ1n) is 7.38. The Morgan fingerprint density at radius 3 is 2.54 bits per heavy atom. The number of carbonyl (C=O) groups excluding carboxylic acids is 2. The van der Waals surface area contributed by atoms with Crippen molar-refractivity contribution >= 4 is 34.9 Å². The van der Waals surface area contributed by atoms with Gasteiger partial charge in [-0.2, -0.15) is 8.78 Å². The van der Waals surface area contributed by atoms with Gasteiger partial charge < -0.3 is 20.5 Å². The molecule has 1 unspecified atom stereocenters. The number of anilines is 2. The molecule has 9 heteroatoms. The number of benzene rings is 2. The molecule has 2 aromatic rings. The number of para-hydroxylation sites is 2. The van der Waals surface area contributed by atoms with Crippen LogP contribution in [0.2, 0.25) is 5.02 Å².